The van der Waals surface area contributed by atoms with E-state index in [1.165, 1.54) is 186 Å². The van der Waals surface area contributed by atoms with Gasteiger partial charge in [-0.25, -0.2) is 15.0 Å². The fourth-order valence-electron chi connectivity index (χ4n) is 18.9. The van der Waals surface area contributed by atoms with Crippen molar-refractivity contribution >= 4 is 169 Å². The maximum atomic E-state index is 5.15. The van der Waals surface area contributed by atoms with Gasteiger partial charge in [-0.2, -0.15) is 0 Å². The molecule has 0 spiro atoms. The molecule has 0 aliphatic rings. The zero-order valence-electron chi connectivity index (χ0n) is 64.6. The van der Waals surface area contributed by atoms with Crippen LogP contribution in [-0.2, 0) is 0 Å². The molecule has 6 heteroatoms. The van der Waals surface area contributed by atoms with Gasteiger partial charge in [0.15, 0.2) is 0 Å². The van der Waals surface area contributed by atoms with E-state index in [4.69, 9.17) is 15.0 Å². The molecule has 0 saturated carbocycles. The van der Waals surface area contributed by atoms with E-state index in [0.717, 1.165) is 50.0 Å². The van der Waals surface area contributed by atoms with Crippen LogP contribution in [0.5, 0.6) is 0 Å². The first-order valence-corrected chi connectivity index (χ1v) is 40.8. The van der Waals surface area contributed by atoms with Crippen LogP contribution in [0.25, 0.3) is 236 Å². The summed E-state index contributed by atoms with van der Waals surface area (Å²) in [6, 6.07) is 153. The number of imidazole rings is 3. The Morgan fingerprint density at radius 3 is 0.832 bits per heavy atom. The van der Waals surface area contributed by atoms with Gasteiger partial charge in [0.1, 0.15) is 16.9 Å². The number of rotatable bonds is 6. The number of hydrogen-bond donors (Lipinski definition) is 0. The third kappa shape index (κ3) is 11.1. The van der Waals surface area contributed by atoms with E-state index in [2.05, 4.69) is 438 Å². The fraction of sp³-hybridized carbons (Fsp3) is 0. The number of hydrogen-bond acceptors (Lipinski definition) is 3. The minimum Gasteiger partial charge on any atom is -0.292 e. The average Bonchev–Trinajstić information content (AvgIpc) is 1.69. The smallest absolute Gasteiger partial charge is 0.147 e. The van der Waals surface area contributed by atoms with Crippen LogP contribution in [-0.4, -0.2) is 28.2 Å². The third-order valence-electron chi connectivity index (χ3n) is 24.7. The number of fused-ring (bicyclic) bond motifs is 32. The predicted octanol–water partition coefficient (Wildman–Crippen LogP) is 30.1. The van der Waals surface area contributed by atoms with E-state index < -0.39 is 0 Å². The Morgan fingerprint density at radius 1 is 0.143 bits per heavy atom. The lowest BCUT2D eigenvalue weighted by atomic mass is 9.94. The van der Waals surface area contributed by atoms with Gasteiger partial charge in [-0.15, -0.1) is 0 Å². The van der Waals surface area contributed by atoms with E-state index in [1.54, 1.807) is 0 Å². The van der Waals surface area contributed by atoms with Crippen molar-refractivity contribution < 1.29 is 0 Å². The lowest BCUT2D eigenvalue weighted by Crippen LogP contribution is -1.93. The largest absolute Gasteiger partial charge is 0.292 e. The van der Waals surface area contributed by atoms with E-state index in [-0.39, 0.29) is 0 Å². The number of pyridine rings is 3. The molecule has 6 nitrogen and oxygen atoms in total. The molecular weight excluding hydrogens is 1440 g/mol. The molecule has 119 heavy (non-hydrogen) atoms. The van der Waals surface area contributed by atoms with E-state index in [9.17, 15) is 0 Å². The van der Waals surface area contributed by atoms with Crippen LogP contribution in [0.4, 0.5) is 0 Å². The van der Waals surface area contributed by atoms with Crippen molar-refractivity contribution in [2.75, 3.05) is 0 Å². The van der Waals surface area contributed by atoms with Gasteiger partial charge in [-0.05, 0) is 216 Å². The van der Waals surface area contributed by atoms with Crippen molar-refractivity contribution in [3.8, 4) is 66.8 Å². The molecule has 0 aliphatic carbocycles. The summed E-state index contributed by atoms with van der Waals surface area (Å²) in [6.45, 7) is 0. The van der Waals surface area contributed by atoms with Crippen molar-refractivity contribution in [2.45, 2.75) is 0 Å². The summed E-state index contributed by atoms with van der Waals surface area (Å²) in [5, 5.41) is 23.5. The fourth-order valence-corrected chi connectivity index (χ4v) is 18.9. The van der Waals surface area contributed by atoms with Crippen LogP contribution in [0.1, 0.15) is 0 Å². The molecule has 552 valence electrons. The molecule has 26 aromatic rings. The van der Waals surface area contributed by atoms with Gasteiger partial charge < -0.3 is 0 Å². The maximum Gasteiger partial charge on any atom is 0.147 e. The van der Waals surface area contributed by atoms with Crippen molar-refractivity contribution in [3.63, 3.8) is 0 Å². The van der Waals surface area contributed by atoms with Crippen molar-refractivity contribution in [1.29, 1.82) is 0 Å². The minimum absolute atomic E-state index is 1.01. The van der Waals surface area contributed by atoms with Crippen molar-refractivity contribution in [3.05, 3.63) is 425 Å². The highest BCUT2D eigenvalue weighted by Crippen LogP contribution is 2.44. The molecule has 0 N–H and O–H groups in total. The highest BCUT2D eigenvalue weighted by atomic mass is 15.0. The Balaban J connectivity index is 0.000000102. The summed E-state index contributed by atoms with van der Waals surface area (Å²) in [5.74, 6) is 0. The van der Waals surface area contributed by atoms with Gasteiger partial charge in [0.2, 0.25) is 0 Å². The Bertz CT molecular complexity index is 8640. The van der Waals surface area contributed by atoms with Crippen LogP contribution in [0.3, 0.4) is 0 Å². The molecule has 0 unspecified atom stereocenters. The third-order valence-corrected chi connectivity index (χ3v) is 24.7. The topological polar surface area (TPSA) is 51.9 Å². The molecule has 0 fully saturated rings. The summed E-state index contributed by atoms with van der Waals surface area (Å²) in [4.78, 5) is 15.4. The Hall–Kier alpha value is -15.9. The standard InChI is InChI=1S/2C39H24N2.C35H22N2/c1-3-11-30-26(8-1)10-7-13-31(30)28-18-16-25(17-19-28)29-21-23-36-34(24-29)33-22-20-27-9-2-4-12-32(27)38(33)39-40-35-14-5-6-15-37(35)41(36)39;1-2-9-29-23-30(18-17-25(29)7-1)26-13-15-27(16-14-26)31-20-22-36-34(24-31)33-21-19-28-8-3-4-10-32(28)38(33)39-40-35-11-5-6-12-37(35)41(36)39;1-2-8-23(9-3-1)24-14-16-25(17-15-24)27-19-21-32-30(22-27)29-20-18-26-10-4-5-11-28(26)34(29)35-36-31-12-6-7-13-33(31)37(32)35/h2*1-24H;1-22H. The number of para-hydroxylation sites is 6. The summed E-state index contributed by atoms with van der Waals surface area (Å²) >= 11 is 0. The summed E-state index contributed by atoms with van der Waals surface area (Å²) < 4.78 is 7.01. The molecule has 0 atom stereocenters. The zero-order valence-corrected chi connectivity index (χ0v) is 64.6. The normalized spacial score (nSPS) is 11.9. The highest BCUT2D eigenvalue weighted by Gasteiger charge is 2.22. The van der Waals surface area contributed by atoms with Crippen LogP contribution in [0.15, 0.2) is 425 Å². The van der Waals surface area contributed by atoms with Gasteiger partial charge in [0.05, 0.1) is 49.7 Å². The number of benzene rings is 20. The molecule has 26 rings (SSSR count). The van der Waals surface area contributed by atoms with Gasteiger partial charge in [-0.1, -0.05) is 346 Å². The van der Waals surface area contributed by atoms with Gasteiger partial charge >= 0.3 is 0 Å². The van der Waals surface area contributed by atoms with Crippen LogP contribution in [0, 0.1) is 0 Å². The second kappa shape index (κ2) is 27.4. The van der Waals surface area contributed by atoms with Crippen LogP contribution in [0.2, 0.25) is 0 Å². The first-order valence-electron chi connectivity index (χ1n) is 40.8. The molecule has 20 aromatic carbocycles. The first-order chi connectivity index (χ1) is 59.0. The second-order valence-corrected chi connectivity index (χ2v) is 31.3. The molecular formula is C113H70N6. The maximum absolute atomic E-state index is 5.15. The first kappa shape index (κ1) is 67.6. The summed E-state index contributed by atoms with van der Waals surface area (Å²) in [5.41, 5.74) is 27.7. The van der Waals surface area contributed by atoms with Gasteiger partial charge in [-0.3, -0.25) is 13.2 Å². The summed E-state index contributed by atoms with van der Waals surface area (Å²) in [7, 11) is 0. The molecule has 6 aromatic heterocycles. The zero-order chi connectivity index (χ0) is 78.2. The molecule has 6 heterocycles. The summed E-state index contributed by atoms with van der Waals surface area (Å²) in [6.07, 6.45) is 0. The molecule has 0 amide bonds. The average molecular weight is 1510 g/mol. The van der Waals surface area contributed by atoms with E-state index in [1.807, 2.05) is 0 Å². The van der Waals surface area contributed by atoms with Crippen molar-refractivity contribution in [2.24, 2.45) is 0 Å². The molecule has 0 aliphatic heterocycles. The number of aromatic nitrogens is 6. The van der Waals surface area contributed by atoms with Gasteiger partial charge in [0, 0.05) is 32.3 Å². The molecule has 0 bridgehead atoms. The predicted molar refractivity (Wildman–Crippen MR) is 503 cm³/mol. The van der Waals surface area contributed by atoms with E-state index in [0.29, 0.717) is 0 Å². The minimum atomic E-state index is 1.01. The highest BCUT2D eigenvalue weighted by molar-refractivity contribution is 6.27. The monoisotopic (exact) mass is 1510 g/mol. The lowest BCUT2D eigenvalue weighted by molar-refractivity contribution is 1.32. The van der Waals surface area contributed by atoms with Crippen LogP contribution >= 0.6 is 0 Å². The quantitative estimate of drug-likeness (QED) is 0.156. The Labute approximate surface area is 683 Å². The number of nitrogens with zero attached hydrogens (tertiary/aromatic N) is 6. The van der Waals surface area contributed by atoms with E-state index >= 15 is 0 Å². The Kier molecular flexibility index (Phi) is 15.6. The van der Waals surface area contributed by atoms with Crippen LogP contribution < -0.4 is 0 Å². The van der Waals surface area contributed by atoms with Crippen molar-refractivity contribution in [1.82, 2.24) is 28.2 Å². The second-order valence-electron chi connectivity index (χ2n) is 31.3. The van der Waals surface area contributed by atoms with Gasteiger partial charge in [0.25, 0.3) is 0 Å². The molecule has 0 radical (unpaired) electrons. The Morgan fingerprint density at radius 2 is 0.420 bits per heavy atom. The lowest BCUT2D eigenvalue weighted by Gasteiger charge is -2.13. The molecule has 0 saturated heterocycles. The SMILES string of the molecule is c1ccc(-c2ccc(-c3ccc4c(c3)c3ccc5ccccc5c3c3nc5ccccc5n43)cc2)cc1.c1ccc2c(-c3ccc(-c4ccc5c(c4)c4ccc6ccccc6c4c4nc6ccccc6n54)cc3)cccc2c1.c1ccc2cc(-c3ccc(-c4ccc5c(c4)c4ccc6ccccc6c4c4nc6ccccc6n54)cc3)ccc2c1.